The van der Waals surface area contributed by atoms with E-state index < -0.39 is 12.1 Å². The molecule has 1 aromatic rings. The van der Waals surface area contributed by atoms with Crippen molar-refractivity contribution in [2.24, 2.45) is 0 Å². The van der Waals surface area contributed by atoms with Crippen molar-refractivity contribution in [1.82, 2.24) is 9.80 Å². The van der Waals surface area contributed by atoms with Gasteiger partial charge in [0.1, 0.15) is 11.8 Å². The minimum Gasteiger partial charge on any atom is -0.497 e. The molecule has 138 valence electrons. The van der Waals surface area contributed by atoms with E-state index in [1.54, 1.807) is 7.11 Å². The zero-order chi connectivity index (χ0) is 18.3. The van der Waals surface area contributed by atoms with Gasteiger partial charge in [-0.2, -0.15) is 0 Å². The van der Waals surface area contributed by atoms with E-state index in [1.165, 1.54) is 4.90 Å². The minimum atomic E-state index is -0.609. The molecule has 3 saturated heterocycles. The van der Waals surface area contributed by atoms with Crippen molar-refractivity contribution in [3.8, 4) is 5.75 Å². The first-order chi connectivity index (χ1) is 12.6. The van der Waals surface area contributed by atoms with Gasteiger partial charge in [-0.3, -0.25) is 19.4 Å². The van der Waals surface area contributed by atoms with Gasteiger partial charge in [-0.05, 0) is 37.0 Å². The third-order valence-corrected chi connectivity index (χ3v) is 5.81. The maximum atomic E-state index is 12.8. The van der Waals surface area contributed by atoms with Crippen molar-refractivity contribution in [2.45, 2.75) is 37.1 Å². The zero-order valence-electron chi connectivity index (χ0n) is 14.8. The van der Waals surface area contributed by atoms with E-state index in [0.29, 0.717) is 19.6 Å². The molecule has 0 N–H and O–H groups in total. The molecule has 0 aromatic heterocycles. The Labute approximate surface area is 151 Å². The van der Waals surface area contributed by atoms with Crippen LogP contribution >= 0.6 is 0 Å². The van der Waals surface area contributed by atoms with E-state index in [4.69, 9.17) is 9.47 Å². The summed E-state index contributed by atoms with van der Waals surface area (Å²) in [4.78, 5) is 39.8. The largest absolute Gasteiger partial charge is 0.497 e. The maximum absolute atomic E-state index is 12.8. The lowest BCUT2D eigenvalue weighted by atomic mass is 9.73. The highest BCUT2D eigenvalue weighted by atomic mass is 16.5. The van der Waals surface area contributed by atoms with Gasteiger partial charge in [-0.1, -0.05) is 12.1 Å². The van der Waals surface area contributed by atoms with Crippen LogP contribution in [0.25, 0.3) is 0 Å². The molecule has 3 aliphatic rings. The molecule has 7 heteroatoms. The lowest BCUT2D eigenvalue weighted by molar-refractivity contribution is -0.131. The van der Waals surface area contributed by atoms with Gasteiger partial charge < -0.3 is 9.47 Å². The van der Waals surface area contributed by atoms with Gasteiger partial charge in [0.25, 0.3) is 5.91 Å². The highest BCUT2D eigenvalue weighted by molar-refractivity contribution is 6.13. The summed E-state index contributed by atoms with van der Waals surface area (Å²) in [6.45, 7) is 1.43. The number of carbonyl (C=O) groups excluding carboxylic acids is 3. The Balaban J connectivity index is 1.64. The number of amides is 4. The van der Waals surface area contributed by atoms with Crippen molar-refractivity contribution in [2.75, 3.05) is 26.9 Å². The molecule has 4 amide bonds. The summed E-state index contributed by atoms with van der Waals surface area (Å²) in [6.07, 6.45) is 2.13. The number of hydrogen-bond donors (Lipinski definition) is 0. The SMILES string of the molecule is COc1ccc(C2(CN3C(=O)C4CCC(=O)N4C3=O)CCOCC2)cc1. The van der Waals surface area contributed by atoms with Crippen LogP contribution in [-0.4, -0.2) is 60.6 Å². The molecule has 26 heavy (non-hydrogen) atoms. The van der Waals surface area contributed by atoms with Gasteiger partial charge in [-0.25, -0.2) is 4.79 Å². The predicted molar refractivity (Wildman–Crippen MR) is 91.7 cm³/mol. The predicted octanol–water partition coefficient (Wildman–Crippen LogP) is 1.70. The highest BCUT2D eigenvalue weighted by Gasteiger charge is 2.53. The van der Waals surface area contributed by atoms with Crippen LogP contribution in [0.4, 0.5) is 4.79 Å². The van der Waals surface area contributed by atoms with Gasteiger partial charge in [0.05, 0.1) is 7.11 Å². The molecular formula is C19H22N2O5. The second kappa shape index (κ2) is 6.39. The molecule has 4 rings (SSSR count). The van der Waals surface area contributed by atoms with Crippen LogP contribution in [0.1, 0.15) is 31.2 Å². The Morgan fingerprint density at radius 1 is 1.15 bits per heavy atom. The van der Waals surface area contributed by atoms with Crippen molar-refractivity contribution in [3.63, 3.8) is 0 Å². The van der Waals surface area contributed by atoms with E-state index >= 15 is 0 Å². The number of urea groups is 1. The van der Waals surface area contributed by atoms with Crippen LogP contribution in [0.2, 0.25) is 0 Å². The van der Waals surface area contributed by atoms with E-state index in [2.05, 4.69) is 0 Å². The standard InChI is InChI=1S/C19H22N2O5/c1-25-14-4-2-13(3-5-14)19(8-10-26-11-9-19)12-20-17(23)15-6-7-16(22)21(15)18(20)24/h2-5,15H,6-12H2,1H3. The van der Waals surface area contributed by atoms with Crippen molar-refractivity contribution < 1.29 is 23.9 Å². The Morgan fingerprint density at radius 2 is 1.85 bits per heavy atom. The fourth-order valence-electron chi connectivity index (χ4n) is 4.25. The highest BCUT2D eigenvalue weighted by Crippen LogP contribution is 2.39. The number of fused-ring (bicyclic) bond motifs is 1. The Kier molecular flexibility index (Phi) is 4.19. The molecule has 0 spiro atoms. The molecular weight excluding hydrogens is 336 g/mol. The minimum absolute atomic E-state index is 0.249. The molecule has 1 aromatic carbocycles. The smallest absolute Gasteiger partial charge is 0.334 e. The number of nitrogens with zero attached hydrogens (tertiary/aromatic N) is 2. The van der Waals surface area contributed by atoms with Gasteiger partial charge in [0, 0.05) is 31.6 Å². The van der Waals surface area contributed by atoms with E-state index in [1.807, 2.05) is 24.3 Å². The number of ether oxygens (including phenoxy) is 2. The molecule has 3 fully saturated rings. The molecule has 0 bridgehead atoms. The van der Waals surface area contributed by atoms with Crippen molar-refractivity contribution >= 4 is 17.8 Å². The fraction of sp³-hybridized carbons (Fsp3) is 0.526. The lowest BCUT2D eigenvalue weighted by Crippen LogP contribution is -2.48. The van der Waals surface area contributed by atoms with Gasteiger partial charge in [0.15, 0.2) is 0 Å². The first kappa shape index (κ1) is 17.0. The summed E-state index contributed by atoms with van der Waals surface area (Å²) < 4.78 is 10.8. The second-order valence-corrected chi connectivity index (χ2v) is 7.15. The second-order valence-electron chi connectivity index (χ2n) is 7.15. The van der Waals surface area contributed by atoms with Crippen LogP contribution in [0, 0.1) is 0 Å². The summed E-state index contributed by atoms with van der Waals surface area (Å²) in [6, 6.07) is 6.68. The van der Waals surface area contributed by atoms with Crippen LogP contribution < -0.4 is 4.74 Å². The monoisotopic (exact) mass is 358 g/mol. The Morgan fingerprint density at radius 3 is 2.46 bits per heavy atom. The molecule has 0 aliphatic carbocycles. The average Bonchev–Trinajstić information content (AvgIpc) is 3.17. The number of imide groups is 2. The van der Waals surface area contributed by atoms with Crippen molar-refractivity contribution in [3.05, 3.63) is 29.8 Å². The average molecular weight is 358 g/mol. The van der Waals surface area contributed by atoms with Gasteiger partial charge in [-0.15, -0.1) is 0 Å². The third-order valence-electron chi connectivity index (χ3n) is 5.81. The molecule has 1 atom stereocenters. The van der Waals surface area contributed by atoms with E-state index in [9.17, 15) is 14.4 Å². The Bertz CT molecular complexity index is 739. The lowest BCUT2D eigenvalue weighted by Gasteiger charge is -2.39. The third kappa shape index (κ3) is 2.58. The summed E-state index contributed by atoms with van der Waals surface area (Å²) in [5.41, 5.74) is 0.694. The number of hydrogen-bond acceptors (Lipinski definition) is 5. The molecule has 3 heterocycles. The number of rotatable bonds is 4. The fourth-order valence-corrected chi connectivity index (χ4v) is 4.25. The van der Waals surface area contributed by atoms with Crippen molar-refractivity contribution in [1.29, 1.82) is 0 Å². The number of carbonyl (C=O) groups is 3. The van der Waals surface area contributed by atoms with E-state index in [0.717, 1.165) is 29.1 Å². The summed E-state index contributed by atoms with van der Waals surface area (Å²) in [7, 11) is 1.62. The topological polar surface area (TPSA) is 76.2 Å². The van der Waals surface area contributed by atoms with Crippen LogP contribution in [0.5, 0.6) is 5.75 Å². The summed E-state index contributed by atoms with van der Waals surface area (Å²) in [5.74, 6) is 0.261. The summed E-state index contributed by atoms with van der Waals surface area (Å²) >= 11 is 0. The molecule has 1 unspecified atom stereocenters. The quantitative estimate of drug-likeness (QED) is 0.766. The molecule has 7 nitrogen and oxygen atoms in total. The molecule has 0 saturated carbocycles. The normalized spacial score (nSPS) is 25.0. The van der Waals surface area contributed by atoms with Crippen LogP contribution in [0.15, 0.2) is 24.3 Å². The summed E-state index contributed by atoms with van der Waals surface area (Å²) in [5, 5.41) is 0. The molecule has 3 aliphatic heterocycles. The number of benzene rings is 1. The van der Waals surface area contributed by atoms with Crippen LogP contribution in [-0.2, 0) is 19.7 Å². The molecule has 0 radical (unpaired) electrons. The van der Waals surface area contributed by atoms with Gasteiger partial charge in [0.2, 0.25) is 5.91 Å². The maximum Gasteiger partial charge on any atom is 0.334 e. The van der Waals surface area contributed by atoms with Crippen LogP contribution in [0.3, 0.4) is 0 Å². The first-order valence-corrected chi connectivity index (χ1v) is 8.95. The Hall–Kier alpha value is -2.41. The van der Waals surface area contributed by atoms with Gasteiger partial charge >= 0.3 is 6.03 Å². The number of methoxy groups -OCH3 is 1. The van der Waals surface area contributed by atoms with E-state index in [-0.39, 0.29) is 30.2 Å². The zero-order valence-corrected chi connectivity index (χ0v) is 14.8. The first-order valence-electron chi connectivity index (χ1n) is 8.95.